The molecule has 111 heavy (non-hydrogen) atoms. The lowest BCUT2D eigenvalue weighted by Crippen LogP contribution is -2.30. The summed E-state index contributed by atoms with van der Waals surface area (Å²) in [6.45, 7) is 5.08. The van der Waals surface area contributed by atoms with Gasteiger partial charge in [-0.1, -0.05) is 458 Å². The van der Waals surface area contributed by atoms with Gasteiger partial charge in [0.15, 0.2) is 12.2 Å². The van der Waals surface area contributed by atoms with Crippen molar-refractivity contribution >= 4 is 39.5 Å². The fraction of sp³-hybridized carbons (Fsp3) is 0.957. The van der Waals surface area contributed by atoms with Crippen LogP contribution in [0.3, 0.4) is 0 Å². The molecule has 660 valence electrons. The molecule has 0 saturated carbocycles. The van der Waals surface area contributed by atoms with Gasteiger partial charge in [0, 0.05) is 25.7 Å². The number of aliphatic hydroxyl groups is 1. The van der Waals surface area contributed by atoms with Gasteiger partial charge in [-0.15, -0.1) is 0 Å². The van der Waals surface area contributed by atoms with E-state index in [-0.39, 0.29) is 25.7 Å². The Morgan fingerprint density at radius 2 is 0.360 bits per heavy atom. The van der Waals surface area contributed by atoms with Gasteiger partial charge in [-0.3, -0.25) is 37.3 Å². The van der Waals surface area contributed by atoms with E-state index in [4.69, 9.17) is 37.0 Å². The number of phosphoric ester groups is 2. The van der Waals surface area contributed by atoms with E-state index >= 15 is 0 Å². The number of hydrogen-bond acceptors (Lipinski definition) is 15. The highest BCUT2D eigenvalue weighted by Gasteiger charge is 2.31. The molecular formula is C92H180O17P2. The van der Waals surface area contributed by atoms with Crippen molar-refractivity contribution in [1.82, 2.24) is 0 Å². The Kier molecular flexibility index (Phi) is 84.4. The average Bonchev–Trinajstić information content (AvgIpc) is 0.898. The van der Waals surface area contributed by atoms with E-state index in [9.17, 15) is 43.2 Å². The second-order valence-electron chi connectivity index (χ2n) is 33.1. The zero-order chi connectivity index (χ0) is 81.0. The summed E-state index contributed by atoms with van der Waals surface area (Å²) in [5.74, 6) is -2.09. The molecule has 0 heterocycles. The maximum absolute atomic E-state index is 13.2. The number of esters is 4. The topological polar surface area (TPSA) is 237 Å². The smallest absolute Gasteiger partial charge is 0.462 e. The first kappa shape index (κ1) is 109. The minimum absolute atomic E-state index is 0.110. The van der Waals surface area contributed by atoms with Crippen molar-refractivity contribution in [3.8, 4) is 0 Å². The van der Waals surface area contributed by atoms with E-state index < -0.39 is 97.5 Å². The van der Waals surface area contributed by atoms with Crippen LogP contribution in [0.15, 0.2) is 0 Å². The highest BCUT2D eigenvalue weighted by Crippen LogP contribution is 2.45. The van der Waals surface area contributed by atoms with E-state index in [1.165, 1.54) is 340 Å². The predicted octanol–water partition coefficient (Wildman–Crippen LogP) is 28.9. The summed E-state index contributed by atoms with van der Waals surface area (Å²) < 4.78 is 69.1. The van der Waals surface area contributed by atoms with Gasteiger partial charge < -0.3 is 33.8 Å². The number of rotatable bonds is 93. The summed E-state index contributed by atoms with van der Waals surface area (Å²) in [5.41, 5.74) is 0. The first-order valence-electron chi connectivity index (χ1n) is 47.8. The number of phosphoric acid groups is 2. The zero-order valence-electron chi connectivity index (χ0n) is 73.0. The zero-order valence-corrected chi connectivity index (χ0v) is 74.7. The third-order valence-corrected chi connectivity index (χ3v) is 23.8. The number of carbonyl (C=O) groups excluding carboxylic acids is 4. The van der Waals surface area contributed by atoms with Crippen molar-refractivity contribution in [2.75, 3.05) is 39.6 Å². The predicted molar refractivity (Wildman–Crippen MR) is 460 cm³/mol. The Morgan fingerprint density at radius 3 is 0.532 bits per heavy atom. The van der Waals surface area contributed by atoms with E-state index in [1.54, 1.807) is 0 Å². The Morgan fingerprint density at radius 1 is 0.216 bits per heavy atom. The van der Waals surface area contributed by atoms with Crippen LogP contribution in [0.4, 0.5) is 0 Å². The fourth-order valence-electron chi connectivity index (χ4n) is 14.6. The third kappa shape index (κ3) is 85.8. The van der Waals surface area contributed by atoms with Gasteiger partial charge in [-0.2, -0.15) is 0 Å². The van der Waals surface area contributed by atoms with E-state index in [0.717, 1.165) is 89.9 Å². The largest absolute Gasteiger partial charge is 0.472 e. The third-order valence-electron chi connectivity index (χ3n) is 21.9. The summed E-state index contributed by atoms with van der Waals surface area (Å²) >= 11 is 0. The van der Waals surface area contributed by atoms with Crippen LogP contribution in [0.25, 0.3) is 0 Å². The number of carbonyl (C=O) groups is 4. The number of aliphatic hydroxyl groups excluding tert-OH is 1. The molecule has 17 nitrogen and oxygen atoms in total. The van der Waals surface area contributed by atoms with Gasteiger partial charge in [-0.05, 0) is 25.7 Å². The normalized spacial score (nSPS) is 13.6. The number of hydrogen-bond donors (Lipinski definition) is 3. The van der Waals surface area contributed by atoms with Gasteiger partial charge >= 0.3 is 39.5 Å². The van der Waals surface area contributed by atoms with Gasteiger partial charge in [0.2, 0.25) is 0 Å². The lowest BCUT2D eigenvalue weighted by atomic mass is 10.0. The van der Waals surface area contributed by atoms with Gasteiger partial charge in [0.05, 0.1) is 26.4 Å². The summed E-state index contributed by atoms with van der Waals surface area (Å²) in [6, 6.07) is 0. The molecule has 0 saturated heterocycles. The monoisotopic (exact) mass is 1620 g/mol. The summed E-state index contributed by atoms with van der Waals surface area (Å²) in [5, 5.41) is 10.7. The Labute approximate surface area is 683 Å². The molecule has 0 bridgehead atoms. The summed E-state index contributed by atoms with van der Waals surface area (Å²) in [6.07, 6.45) is 83.5. The maximum Gasteiger partial charge on any atom is 0.472 e. The Balaban J connectivity index is 5.20. The summed E-state index contributed by atoms with van der Waals surface area (Å²) in [4.78, 5) is 73.4. The molecule has 0 aromatic rings. The van der Waals surface area contributed by atoms with Crippen LogP contribution < -0.4 is 0 Å². The first-order chi connectivity index (χ1) is 54.2. The second kappa shape index (κ2) is 85.9. The van der Waals surface area contributed by atoms with Crippen LogP contribution in [-0.2, 0) is 65.4 Å². The molecule has 0 aliphatic heterocycles. The second-order valence-corrected chi connectivity index (χ2v) is 36.0. The van der Waals surface area contributed by atoms with E-state index in [0.29, 0.717) is 25.7 Å². The van der Waals surface area contributed by atoms with Crippen molar-refractivity contribution < 1.29 is 80.2 Å². The van der Waals surface area contributed by atoms with Crippen molar-refractivity contribution in [2.45, 2.75) is 528 Å². The van der Waals surface area contributed by atoms with Gasteiger partial charge in [0.25, 0.3) is 0 Å². The number of unbranched alkanes of at least 4 members (excludes halogenated alkanes) is 67. The van der Waals surface area contributed by atoms with Crippen LogP contribution >= 0.6 is 15.6 Å². The molecule has 2 unspecified atom stereocenters. The molecule has 0 aromatic heterocycles. The molecule has 0 aromatic carbocycles. The van der Waals surface area contributed by atoms with Crippen molar-refractivity contribution in [3.63, 3.8) is 0 Å². The minimum atomic E-state index is -4.97. The van der Waals surface area contributed by atoms with Crippen LogP contribution in [-0.4, -0.2) is 96.7 Å². The van der Waals surface area contributed by atoms with Crippen molar-refractivity contribution in [1.29, 1.82) is 0 Å². The molecule has 0 fully saturated rings. The van der Waals surface area contributed by atoms with Gasteiger partial charge in [-0.25, -0.2) is 9.13 Å². The lowest BCUT2D eigenvalue weighted by molar-refractivity contribution is -0.161. The highest BCUT2D eigenvalue weighted by molar-refractivity contribution is 7.47. The SMILES string of the molecule is CCCCCCCCCCCCCCCCCCCCCCCC(=O)O[C@H](COC(=O)CCCCCCCCCCCCCCCCCCCCCC)COP(=O)(O)OC[C@@H](O)COP(=O)(O)OC[C@@H](COC(=O)CCCCCCCCCCCC)OC(=O)CCCCCCCCCCCCCCCCCCCCCC. The van der Waals surface area contributed by atoms with Crippen LogP contribution in [0, 0.1) is 0 Å². The number of ether oxygens (including phenoxy) is 4. The molecule has 3 N–H and O–H groups in total. The first-order valence-corrected chi connectivity index (χ1v) is 50.8. The molecule has 0 rings (SSSR count). The van der Waals surface area contributed by atoms with E-state index in [2.05, 4.69) is 27.7 Å². The van der Waals surface area contributed by atoms with Crippen LogP contribution in [0.1, 0.15) is 509 Å². The molecular weight excluding hydrogens is 1440 g/mol. The van der Waals surface area contributed by atoms with E-state index in [1.807, 2.05) is 0 Å². The average molecular weight is 1620 g/mol. The fourth-order valence-corrected chi connectivity index (χ4v) is 16.2. The highest BCUT2D eigenvalue weighted by atomic mass is 31.2. The van der Waals surface area contributed by atoms with Crippen LogP contribution in [0.5, 0.6) is 0 Å². The molecule has 0 spiro atoms. The molecule has 0 aliphatic rings. The molecule has 0 radical (unpaired) electrons. The standard InChI is InChI=1S/C92H180O17P2/c1-5-9-13-17-21-25-29-32-35-38-41-44-47-50-53-56-59-63-67-71-75-79-92(97)109-88(83-103-90(95)77-73-69-65-61-57-54-51-48-45-42-39-36-33-30-26-22-18-14-10-6-2)85-107-111(100,101)105-81-86(93)80-104-110(98,99)106-84-87(82-102-89(94)76-72-68-64-60-28-24-20-16-12-8-4)108-91(96)78-74-70-66-62-58-55-52-49-46-43-40-37-34-31-27-23-19-15-11-7-3/h86-88,93H,5-85H2,1-4H3,(H,98,99)(H,100,101)/t86-,87+,88+/m0/s1. The molecule has 0 aliphatic carbocycles. The Hall–Kier alpha value is -1.94. The molecule has 19 heteroatoms. The van der Waals surface area contributed by atoms with Crippen molar-refractivity contribution in [2.24, 2.45) is 0 Å². The van der Waals surface area contributed by atoms with Crippen LogP contribution in [0.2, 0.25) is 0 Å². The van der Waals surface area contributed by atoms with Crippen molar-refractivity contribution in [3.05, 3.63) is 0 Å². The quantitative estimate of drug-likeness (QED) is 0.0222. The minimum Gasteiger partial charge on any atom is -0.462 e. The molecule has 5 atom stereocenters. The Bertz CT molecular complexity index is 2090. The summed E-state index contributed by atoms with van der Waals surface area (Å²) in [7, 11) is -9.93. The maximum atomic E-state index is 13.2. The van der Waals surface area contributed by atoms with Gasteiger partial charge in [0.1, 0.15) is 19.3 Å². The molecule has 0 amide bonds. The lowest BCUT2D eigenvalue weighted by Gasteiger charge is -2.21.